The van der Waals surface area contributed by atoms with E-state index in [1.165, 1.54) is 0 Å². The molecule has 0 aromatic heterocycles. The Morgan fingerprint density at radius 1 is 1.21 bits per heavy atom. The third-order valence-electron chi connectivity index (χ3n) is 5.10. The monoisotopic (exact) mass is 404 g/mol. The van der Waals surface area contributed by atoms with Gasteiger partial charge in [-0.25, -0.2) is 4.79 Å². The molecule has 1 aromatic carbocycles. The highest BCUT2D eigenvalue weighted by Gasteiger charge is 2.33. The van der Waals surface area contributed by atoms with Gasteiger partial charge < -0.3 is 24.0 Å². The molecule has 7 nitrogen and oxygen atoms in total. The summed E-state index contributed by atoms with van der Waals surface area (Å²) < 4.78 is 16.7. The first-order valence-electron chi connectivity index (χ1n) is 10.4. The van der Waals surface area contributed by atoms with Crippen LogP contribution < -0.4 is 9.47 Å². The van der Waals surface area contributed by atoms with Crippen LogP contribution in [0.1, 0.15) is 46.1 Å². The molecular weight excluding hydrogens is 372 g/mol. The molecule has 2 aliphatic heterocycles. The zero-order chi connectivity index (χ0) is 21.0. The third kappa shape index (κ3) is 5.55. The van der Waals surface area contributed by atoms with E-state index >= 15 is 0 Å². The molecule has 1 aromatic rings. The van der Waals surface area contributed by atoms with Crippen LogP contribution in [0.3, 0.4) is 0 Å². The lowest BCUT2D eigenvalue weighted by atomic mass is 9.96. The smallest absolute Gasteiger partial charge is 0.410 e. The topological polar surface area (TPSA) is 68.3 Å². The molecule has 1 fully saturated rings. The molecular formula is C22H32N2O5. The molecule has 2 aliphatic rings. The van der Waals surface area contributed by atoms with E-state index in [4.69, 9.17) is 14.2 Å². The Balaban J connectivity index is 1.63. The minimum absolute atomic E-state index is 0.0793. The van der Waals surface area contributed by atoms with Crippen LogP contribution in [0.15, 0.2) is 18.2 Å². The summed E-state index contributed by atoms with van der Waals surface area (Å²) in [5.74, 6) is 1.35. The second-order valence-electron chi connectivity index (χ2n) is 8.60. The predicted octanol–water partition coefficient (Wildman–Crippen LogP) is 3.45. The minimum Gasteiger partial charge on any atom is -0.486 e. The van der Waals surface area contributed by atoms with E-state index in [0.717, 1.165) is 29.9 Å². The third-order valence-corrected chi connectivity index (χ3v) is 5.10. The van der Waals surface area contributed by atoms with E-state index in [-0.39, 0.29) is 17.9 Å². The van der Waals surface area contributed by atoms with Crippen molar-refractivity contribution in [3.63, 3.8) is 0 Å². The van der Waals surface area contributed by atoms with Crippen molar-refractivity contribution in [2.24, 2.45) is 5.92 Å². The highest BCUT2D eigenvalue weighted by Crippen LogP contribution is 2.31. The van der Waals surface area contributed by atoms with Gasteiger partial charge >= 0.3 is 6.09 Å². The minimum atomic E-state index is -0.540. The largest absolute Gasteiger partial charge is 0.486 e. The van der Waals surface area contributed by atoms with Gasteiger partial charge in [-0.1, -0.05) is 6.07 Å². The Morgan fingerprint density at radius 3 is 2.62 bits per heavy atom. The van der Waals surface area contributed by atoms with Gasteiger partial charge in [0.05, 0.1) is 5.92 Å². The van der Waals surface area contributed by atoms with Crippen LogP contribution in [-0.4, -0.2) is 60.2 Å². The second kappa shape index (κ2) is 8.93. The second-order valence-corrected chi connectivity index (χ2v) is 8.60. The maximum absolute atomic E-state index is 13.2. The number of carbonyl (C=O) groups excluding carboxylic acids is 2. The Bertz CT molecular complexity index is 743. The molecule has 0 N–H and O–H groups in total. The van der Waals surface area contributed by atoms with Gasteiger partial charge in [0.1, 0.15) is 18.8 Å². The maximum atomic E-state index is 13.2. The summed E-state index contributed by atoms with van der Waals surface area (Å²) >= 11 is 0. The van der Waals surface area contributed by atoms with Crippen LogP contribution >= 0.6 is 0 Å². The summed E-state index contributed by atoms with van der Waals surface area (Å²) in [5, 5.41) is 0. The van der Waals surface area contributed by atoms with Crippen LogP contribution in [-0.2, 0) is 16.1 Å². The van der Waals surface area contributed by atoms with Crippen molar-refractivity contribution >= 4 is 12.0 Å². The van der Waals surface area contributed by atoms with Crippen molar-refractivity contribution < 1.29 is 23.8 Å². The van der Waals surface area contributed by atoms with Crippen LogP contribution in [0.2, 0.25) is 0 Å². The Hall–Kier alpha value is -2.44. The lowest BCUT2D eigenvalue weighted by Crippen LogP contribution is -2.47. The van der Waals surface area contributed by atoms with Crippen molar-refractivity contribution in [1.82, 2.24) is 9.80 Å². The summed E-state index contributed by atoms with van der Waals surface area (Å²) in [6.45, 7) is 10.8. The van der Waals surface area contributed by atoms with Gasteiger partial charge in [-0.2, -0.15) is 0 Å². The van der Waals surface area contributed by atoms with Gasteiger partial charge in [0.15, 0.2) is 11.5 Å². The molecule has 0 bridgehead atoms. The SMILES string of the molecule is CCN(Cc1ccc2c(c1)OCCO2)C(=O)[C@@H]1CCCN(C(=O)OC(C)(C)C)C1. The number of amides is 2. The molecule has 1 saturated heterocycles. The first kappa shape index (κ1) is 21.3. The molecule has 7 heteroatoms. The van der Waals surface area contributed by atoms with Crippen molar-refractivity contribution in [2.45, 2.75) is 52.7 Å². The van der Waals surface area contributed by atoms with Gasteiger partial charge in [-0.05, 0) is 58.2 Å². The summed E-state index contributed by atoms with van der Waals surface area (Å²) in [4.78, 5) is 29.1. The molecule has 0 radical (unpaired) electrons. The van der Waals surface area contributed by atoms with E-state index in [9.17, 15) is 9.59 Å². The molecule has 2 heterocycles. The normalized spacial score (nSPS) is 18.9. The summed E-state index contributed by atoms with van der Waals surface area (Å²) in [6.07, 6.45) is 1.25. The molecule has 3 rings (SSSR count). The molecule has 0 saturated carbocycles. The van der Waals surface area contributed by atoms with Crippen molar-refractivity contribution in [3.05, 3.63) is 23.8 Å². The summed E-state index contributed by atoms with van der Waals surface area (Å²) in [7, 11) is 0. The fraction of sp³-hybridized carbons (Fsp3) is 0.636. The van der Waals surface area contributed by atoms with Crippen LogP contribution in [0.25, 0.3) is 0 Å². The zero-order valence-corrected chi connectivity index (χ0v) is 17.9. The first-order chi connectivity index (χ1) is 13.8. The number of hydrogen-bond acceptors (Lipinski definition) is 5. The number of nitrogens with zero attached hydrogens (tertiary/aromatic N) is 2. The van der Waals surface area contributed by atoms with Crippen molar-refractivity contribution in [2.75, 3.05) is 32.8 Å². The molecule has 0 aliphatic carbocycles. The predicted molar refractivity (Wildman–Crippen MR) is 109 cm³/mol. The zero-order valence-electron chi connectivity index (χ0n) is 17.9. The number of benzene rings is 1. The van der Waals surface area contributed by atoms with E-state index in [1.54, 1.807) is 4.90 Å². The fourth-order valence-electron chi connectivity index (χ4n) is 3.68. The van der Waals surface area contributed by atoms with Gasteiger partial charge in [0.25, 0.3) is 0 Å². The number of carbonyl (C=O) groups is 2. The quantitative estimate of drug-likeness (QED) is 0.769. The number of ether oxygens (including phenoxy) is 3. The fourth-order valence-corrected chi connectivity index (χ4v) is 3.68. The van der Waals surface area contributed by atoms with E-state index in [1.807, 2.05) is 50.8 Å². The van der Waals surface area contributed by atoms with Crippen LogP contribution in [0.5, 0.6) is 11.5 Å². The average Bonchev–Trinajstić information content (AvgIpc) is 2.70. The van der Waals surface area contributed by atoms with Gasteiger partial charge in [0, 0.05) is 26.2 Å². The van der Waals surface area contributed by atoms with E-state index in [0.29, 0.717) is 39.4 Å². The Morgan fingerprint density at radius 2 is 1.93 bits per heavy atom. The molecule has 1 atom stereocenters. The highest BCUT2D eigenvalue weighted by atomic mass is 16.6. The standard InChI is InChI=1S/C22H32N2O5/c1-5-23(14-16-8-9-18-19(13-16)28-12-11-27-18)20(25)17-7-6-10-24(15-17)21(26)29-22(2,3)4/h8-9,13,17H,5-7,10-12,14-15H2,1-4H3/t17-/m1/s1. The Kier molecular flexibility index (Phi) is 6.55. The lowest BCUT2D eigenvalue weighted by molar-refractivity contribution is -0.137. The summed E-state index contributed by atoms with van der Waals surface area (Å²) in [5.41, 5.74) is 0.464. The average molecular weight is 405 g/mol. The first-order valence-corrected chi connectivity index (χ1v) is 10.4. The number of likely N-dealkylation sites (tertiary alicyclic amines) is 1. The number of piperidine rings is 1. The molecule has 0 unspecified atom stereocenters. The van der Waals surface area contributed by atoms with Crippen molar-refractivity contribution in [3.8, 4) is 11.5 Å². The van der Waals surface area contributed by atoms with Crippen molar-refractivity contribution in [1.29, 1.82) is 0 Å². The van der Waals surface area contributed by atoms with Crippen LogP contribution in [0, 0.1) is 5.92 Å². The Labute approximate surface area is 172 Å². The van der Waals surface area contributed by atoms with Gasteiger partial charge in [0.2, 0.25) is 5.91 Å². The van der Waals surface area contributed by atoms with Gasteiger partial charge in [-0.3, -0.25) is 4.79 Å². The molecule has 29 heavy (non-hydrogen) atoms. The lowest BCUT2D eigenvalue weighted by Gasteiger charge is -2.35. The van der Waals surface area contributed by atoms with Gasteiger partial charge in [-0.15, -0.1) is 0 Å². The van der Waals surface area contributed by atoms with Crippen LogP contribution in [0.4, 0.5) is 4.79 Å². The van der Waals surface area contributed by atoms with E-state index in [2.05, 4.69) is 0 Å². The molecule has 0 spiro atoms. The highest BCUT2D eigenvalue weighted by molar-refractivity contribution is 5.80. The molecule has 160 valence electrons. The van der Waals surface area contributed by atoms with E-state index < -0.39 is 5.60 Å². The maximum Gasteiger partial charge on any atom is 0.410 e. The number of fused-ring (bicyclic) bond motifs is 1. The number of hydrogen-bond donors (Lipinski definition) is 0. The molecule has 2 amide bonds. The number of rotatable bonds is 4. The summed E-state index contributed by atoms with van der Waals surface area (Å²) in [6, 6.07) is 5.81.